The molecule has 0 bridgehead atoms. The van der Waals surface area contributed by atoms with E-state index in [0.29, 0.717) is 0 Å². The Bertz CT molecular complexity index is 465. The molecule has 2 aliphatic heterocycles. The van der Waals surface area contributed by atoms with Crippen molar-refractivity contribution in [3.8, 4) is 11.5 Å². The fraction of sp³-hybridized carbons (Fsp3) is 0.667. The summed E-state index contributed by atoms with van der Waals surface area (Å²) in [4.78, 5) is 0. The van der Waals surface area contributed by atoms with E-state index in [9.17, 15) is 0 Å². The van der Waals surface area contributed by atoms with Gasteiger partial charge < -0.3 is 18.9 Å². The van der Waals surface area contributed by atoms with Crippen LogP contribution in [0.25, 0.3) is 0 Å². The van der Waals surface area contributed by atoms with E-state index in [-0.39, 0.29) is 12.6 Å². The van der Waals surface area contributed by atoms with Crippen LogP contribution in [0.15, 0.2) is 12.1 Å². The zero-order valence-electron chi connectivity index (χ0n) is 13.6. The molecule has 0 spiro atoms. The van der Waals surface area contributed by atoms with Crippen molar-refractivity contribution >= 4 is 0 Å². The molecule has 0 aliphatic carbocycles. The second-order valence-electron chi connectivity index (χ2n) is 6.21. The second-order valence-corrected chi connectivity index (χ2v) is 6.21. The van der Waals surface area contributed by atoms with Crippen LogP contribution < -0.4 is 9.47 Å². The zero-order valence-corrected chi connectivity index (χ0v) is 13.6. The number of benzene rings is 1. The number of aryl methyl sites for hydroxylation is 2. The highest BCUT2D eigenvalue weighted by molar-refractivity contribution is 5.46. The molecule has 0 radical (unpaired) electrons. The van der Waals surface area contributed by atoms with E-state index < -0.39 is 0 Å². The van der Waals surface area contributed by atoms with Crippen LogP contribution in [0.1, 0.15) is 49.7 Å². The number of rotatable bonds is 4. The van der Waals surface area contributed by atoms with Gasteiger partial charge in [0.25, 0.3) is 0 Å². The summed E-state index contributed by atoms with van der Waals surface area (Å²) in [5.74, 6) is 1.78. The first kappa shape index (κ1) is 15.6. The van der Waals surface area contributed by atoms with Gasteiger partial charge >= 0.3 is 0 Å². The molecular formula is C18H26O4. The van der Waals surface area contributed by atoms with Crippen molar-refractivity contribution in [1.82, 2.24) is 0 Å². The summed E-state index contributed by atoms with van der Waals surface area (Å²) in [7, 11) is 0. The van der Waals surface area contributed by atoms with Crippen molar-refractivity contribution in [2.75, 3.05) is 13.2 Å². The van der Waals surface area contributed by atoms with E-state index in [0.717, 1.165) is 61.5 Å². The van der Waals surface area contributed by atoms with Gasteiger partial charge in [-0.15, -0.1) is 0 Å². The number of hydrogen-bond donors (Lipinski definition) is 0. The van der Waals surface area contributed by atoms with Gasteiger partial charge in [-0.3, -0.25) is 0 Å². The Morgan fingerprint density at radius 1 is 0.818 bits per heavy atom. The molecule has 0 amide bonds. The molecule has 1 aromatic rings. The molecule has 1 aromatic carbocycles. The van der Waals surface area contributed by atoms with Crippen molar-refractivity contribution in [3.05, 3.63) is 23.3 Å². The lowest BCUT2D eigenvalue weighted by atomic mass is 10.1. The van der Waals surface area contributed by atoms with Gasteiger partial charge in [0.05, 0.1) is 13.2 Å². The lowest BCUT2D eigenvalue weighted by molar-refractivity contribution is -0.108. The third-order valence-electron chi connectivity index (χ3n) is 4.23. The van der Waals surface area contributed by atoms with E-state index in [4.69, 9.17) is 18.9 Å². The molecule has 0 aromatic heterocycles. The second kappa shape index (κ2) is 7.34. The molecular weight excluding hydrogens is 280 g/mol. The first-order chi connectivity index (χ1) is 10.7. The summed E-state index contributed by atoms with van der Waals surface area (Å²) in [6.07, 6.45) is 6.31. The lowest BCUT2D eigenvalue weighted by Crippen LogP contribution is -2.26. The molecule has 3 rings (SSSR count). The van der Waals surface area contributed by atoms with Gasteiger partial charge in [-0.25, -0.2) is 0 Å². The first-order valence-corrected chi connectivity index (χ1v) is 8.40. The SMILES string of the molecule is Cc1cc(OC2CCCCO2)cc(C)c1OC1CCCCO1. The highest BCUT2D eigenvalue weighted by Crippen LogP contribution is 2.32. The van der Waals surface area contributed by atoms with Crippen LogP contribution in [0.4, 0.5) is 0 Å². The third-order valence-corrected chi connectivity index (χ3v) is 4.23. The van der Waals surface area contributed by atoms with Crippen molar-refractivity contribution in [3.63, 3.8) is 0 Å². The van der Waals surface area contributed by atoms with Crippen LogP contribution in [0, 0.1) is 13.8 Å². The van der Waals surface area contributed by atoms with Crippen LogP contribution in [0.2, 0.25) is 0 Å². The van der Waals surface area contributed by atoms with E-state index in [1.807, 2.05) is 12.1 Å². The van der Waals surface area contributed by atoms with Crippen molar-refractivity contribution < 1.29 is 18.9 Å². The first-order valence-electron chi connectivity index (χ1n) is 8.40. The van der Waals surface area contributed by atoms with E-state index >= 15 is 0 Å². The van der Waals surface area contributed by atoms with Gasteiger partial charge in [0, 0.05) is 12.8 Å². The Kier molecular flexibility index (Phi) is 5.21. The van der Waals surface area contributed by atoms with Crippen molar-refractivity contribution in [2.45, 2.75) is 65.0 Å². The maximum Gasteiger partial charge on any atom is 0.199 e. The van der Waals surface area contributed by atoms with E-state index in [2.05, 4.69) is 13.8 Å². The van der Waals surface area contributed by atoms with Crippen LogP contribution in [-0.2, 0) is 9.47 Å². The highest BCUT2D eigenvalue weighted by Gasteiger charge is 2.19. The quantitative estimate of drug-likeness (QED) is 0.838. The van der Waals surface area contributed by atoms with Crippen LogP contribution in [0.3, 0.4) is 0 Å². The molecule has 2 saturated heterocycles. The maximum atomic E-state index is 6.05. The summed E-state index contributed by atoms with van der Waals surface area (Å²) >= 11 is 0. The van der Waals surface area contributed by atoms with Crippen LogP contribution in [-0.4, -0.2) is 25.8 Å². The van der Waals surface area contributed by atoms with Gasteiger partial charge in [-0.05, 0) is 62.8 Å². The van der Waals surface area contributed by atoms with Gasteiger partial charge in [0.1, 0.15) is 11.5 Å². The average molecular weight is 306 g/mol. The predicted molar refractivity (Wildman–Crippen MR) is 84.4 cm³/mol. The topological polar surface area (TPSA) is 36.9 Å². The minimum absolute atomic E-state index is 0.110. The fourth-order valence-corrected chi connectivity index (χ4v) is 3.06. The molecule has 2 fully saturated rings. The largest absolute Gasteiger partial charge is 0.465 e. The summed E-state index contributed by atoms with van der Waals surface area (Å²) in [6.45, 7) is 5.70. The molecule has 22 heavy (non-hydrogen) atoms. The third kappa shape index (κ3) is 3.93. The highest BCUT2D eigenvalue weighted by atomic mass is 16.7. The molecule has 0 N–H and O–H groups in total. The standard InChI is InChI=1S/C18H26O4/c1-13-11-15(21-16-7-3-5-9-19-16)12-14(2)18(13)22-17-8-4-6-10-20-17/h11-12,16-17H,3-10H2,1-2H3. The van der Waals surface area contributed by atoms with Crippen molar-refractivity contribution in [1.29, 1.82) is 0 Å². The fourth-order valence-electron chi connectivity index (χ4n) is 3.06. The molecule has 2 aliphatic rings. The molecule has 122 valence electrons. The van der Waals surface area contributed by atoms with Crippen LogP contribution >= 0.6 is 0 Å². The van der Waals surface area contributed by atoms with Crippen molar-refractivity contribution in [2.24, 2.45) is 0 Å². The number of ether oxygens (including phenoxy) is 4. The summed E-state index contributed by atoms with van der Waals surface area (Å²) in [6, 6.07) is 4.06. The average Bonchev–Trinajstić information content (AvgIpc) is 2.53. The van der Waals surface area contributed by atoms with Crippen LogP contribution in [0.5, 0.6) is 11.5 Å². The zero-order chi connectivity index (χ0) is 15.4. The maximum absolute atomic E-state index is 6.05. The lowest BCUT2D eigenvalue weighted by Gasteiger charge is -2.26. The van der Waals surface area contributed by atoms with Gasteiger partial charge in [-0.1, -0.05) is 0 Å². The minimum atomic E-state index is -0.111. The molecule has 0 saturated carbocycles. The Morgan fingerprint density at radius 3 is 1.86 bits per heavy atom. The molecule has 2 heterocycles. The Labute approximate surface area is 132 Å². The Morgan fingerprint density at radius 2 is 1.36 bits per heavy atom. The molecule has 2 unspecified atom stereocenters. The van der Waals surface area contributed by atoms with Gasteiger partial charge in [-0.2, -0.15) is 0 Å². The normalized spacial score (nSPS) is 25.7. The predicted octanol–water partition coefficient (Wildman–Crippen LogP) is 4.11. The summed E-state index contributed by atoms with van der Waals surface area (Å²) in [5.41, 5.74) is 2.17. The monoisotopic (exact) mass is 306 g/mol. The Balaban J connectivity index is 1.67. The molecule has 4 nitrogen and oxygen atoms in total. The van der Waals surface area contributed by atoms with Gasteiger partial charge in [0.15, 0.2) is 12.6 Å². The summed E-state index contributed by atoms with van der Waals surface area (Å²) < 4.78 is 23.3. The molecule has 4 heteroatoms. The van der Waals surface area contributed by atoms with E-state index in [1.54, 1.807) is 0 Å². The number of hydrogen-bond acceptors (Lipinski definition) is 4. The smallest absolute Gasteiger partial charge is 0.199 e. The minimum Gasteiger partial charge on any atom is -0.465 e. The van der Waals surface area contributed by atoms with Gasteiger partial charge in [0.2, 0.25) is 0 Å². The molecule has 2 atom stereocenters. The Hall–Kier alpha value is -1.26. The van der Waals surface area contributed by atoms with E-state index in [1.165, 1.54) is 12.8 Å². The summed E-state index contributed by atoms with van der Waals surface area (Å²) in [5, 5.41) is 0.